The van der Waals surface area contributed by atoms with Crippen LogP contribution in [0.15, 0.2) is 24.3 Å². The summed E-state index contributed by atoms with van der Waals surface area (Å²) in [5.74, 6) is 0.532. The van der Waals surface area contributed by atoms with Crippen LogP contribution in [0.4, 0.5) is 5.95 Å². The summed E-state index contributed by atoms with van der Waals surface area (Å²) in [6.45, 7) is 8.42. The molecule has 0 fully saturated rings. The van der Waals surface area contributed by atoms with E-state index in [9.17, 15) is 4.79 Å². The van der Waals surface area contributed by atoms with Crippen molar-refractivity contribution in [2.75, 3.05) is 5.73 Å². The maximum absolute atomic E-state index is 12.5. The molecule has 0 saturated heterocycles. The highest BCUT2D eigenvalue weighted by Crippen LogP contribution is 2.34. The topological polar surface area (TPSA) is 68.9 Å². The first-order chi connectivity index (χ1) is 10.8. The van der Waals surface area contributed by atoms with Crippen molar-refractivity contribution < 1.29 is 4.79 Å². The lowest BCUT2D eigenvalue weighted by molar-refractivity contribution is 0.0962. The predicted molar refractivity (Wildman–Crippen MR) is 91.7 cm³/mol. The fourth-order valence-corrected chi connectivity index (χ4v) is 3.29. The molecule has 0 aliphatic heterocycles. The first-order valence-electron chi connectivity index (χ1n) is 8.02. The average molecular weight is 309 g/mol. The molecule has 23 heavy (non-hydrogen) atoms. The number of hydrogen-bond acceptors (Lipinski definition) is 4. The van der Waals surface area contributed by atoms with Crippen LogP contribution in [0.5, 0.6) is 0 Å². The van der Waals surface area contributed by atoms with Gasteiger partial charge in [-0.25, -0.2) is 9.97 Å². The molecule has 2 N–H and O–H groups in total. The second-order valence-electron chi connectivity index (χ2n) is 7.39. The molecule has 3 rings (SSSR count). The second-order valence-corrected chi connectivity index (χ2v) is 7.39. The van der Waals surface area contributed by atoms with Gasteiger partial charge in [0.1, 0.15) is 0 Å². The minimum Gasteiger partial charge on any atom is -0.368 e. The number of rotatable bonds is 1. The van der Waals surface area contributed by atoms with E-state index in [0.717, 1.165) is 12.1 Å². The number of nitrogens with zero attached hydrogens (tertiary/aromatic N) is 2. The van der Waals surface area contributed by atoms with Crippen LogP contribution >= 0.6 is 0 Å². The highest BCUT2D eigenvalue weighted by Gasteiger charge is 2.29. The van der Waals surface area contributed by atoms with Crippen molar-refractivity contribution in [3.63, 3.8) is 0 Å². The Balaban J connectivity index is 1.93. The van der Waals surface area contributed by atoms with Crippen LogP contribution in [-0.4, -0.2) is 15.8 Å². The predicted octanol–water partition coefficient (Wildman–Crippen LogP) is 3.58. The Hall–Kier alpha value is -2.23. The smallest absolute Gasteiger partial charge is 0.220 e. The van der Waals surface area contributed by atoms with Crippen molar-refractivity contribution in [1.29, 1.82) is 0 Å². The van der Waals surface area contributed by atoms with Crippen LogP contribution < -0.4 is 5.73 Å². The van der Waals surface area contributed by atoms with Crippen molar-refractivity contribution >= 4 is 11.7 Å². The molecule has 0 amide bonds. The SMILES string of the molecule is Cc1nc(N)nc2c1C(=O)C[C@@H](c1ccc(C(C)(C)C)cc1)C2. The maximum Gasteiger partial charge on any atom is 0.220 e. The molecule has 4 nitrogen and oxygen atoms in total. The summed E-state index contributed by atoms with van der Waals surface area (Å²) in [4.78, 5) is 20.9. The molecule has 0 unspecified atom stereocenters. The molecule has 4 heteroatoms. The highest BCUT2D eigenvalue weighted by atomic mass is 16.1. The quantitative estimate of drug-likeness (QED) is 0.874. The van der Waals surface area contributed by atoms with E-state index in [1.54, 1.807) is 0 Å². The van der Waals surface area contributed by atoms with E-state index >= 15 is 0 Å². The van der Waals surface area contributed by atoms with Gasteiger partial charge in [-0.15, -0.1) is 0 Å². The Labute approximate surface area is 137 Å². The number of ketones is 1. The minimum absolute atomic E-state index is 0.119. The van der Waals surface area contributed by atoms with E-state index in [0.29, 0.717) is 17.7 Å². The normalized spacial score (nSPS) is 17.9. The molecular formula is C19H23N3O. The van der Waals surface area contributed by atoms with E-state index in [-0.39, 0.29) is 23.1 Å². The van der Waals surface area contributed by atoms with Crippen LogP contribution in [0.25, 0.3) is 0 Å². The van der Waals surface area contributed by atoms with Crippen molar-refractivity contribution in [2.24, 2.45) is 0 Å². The Morgan fingerprint density at radius 3 is 2.35 bits per heavy atom. The Morgan fingerprint density at radius 1 is 1.09 bits per heavy atom. The summed E-state index contributed by atoms with van der Waals surface area (Å²) in [6.07, 6.45) is 1.25. The van der Waals surface area contributed by atoms with Gasteiger partial charge in [0.05, 0.1) is 17.0 Å². The van der Waals surface area contributed by atoms with Crippen molar-refractivity contribution in [2.45, 2.75) is 51.9 Å². The molecule has 120 valence electrons. The first-order valence-corrected chi connectivity index (χ1v) is 8.02. The number of nitrogens with two attached hydrogens (primary N) is 1. The molecule has 0 bridgehead atoms. The van der Waals surface area contributed by atoms with E-state index < -0.39 is 0 Å². The summed E-state index contributed by atoms with van der Waals surface area (Å²) in [6, 6.07) is 8.60. The number of nitrogen functional groups attached to an aromatic ring is 1. The van der Waals surface area contributed by atoms with Crippen molar-refractivity contribution in [3.8, 4) is 0 Å². The van der Waals surface area contributed by atoms with Gasteiger partial charge in [0.15, 0.2) is 5.78 Å². The molecule has 1 aromatic carbocycles. The highest BCUT2D eigenvalue weighted by molar-refractivity contribution is 5.99. The van der Waals surface area contributed by atoms with Gasteiger partial charge in [0, 0.05) is 6.42 Å². The second kappa shape index (κ2) is 5.44. The molecule has 0 saturated carbocycles. The van der Waals surface area contributed by atoms with Crippen LogP contribution in [0.2, 0.25) is 0 Å². The van der Waals surface area contributed by atoms with Gasteiger partial charge in [-0.05, 0) is 35.8 Å². The lowest BCUT2D eigenvalue weighted by Crippen LogP contribution is -2.23. The molecule has 2 aromatic rings. The van der Waals surface area contributed by atoms with E-state index in [1.165, 1.54) is 11.1 Å². The lowest BCUT2D eigenvalue weighted by atomic mass is 9.79. The summed E-state index contributed by atoms with van der Waals surface area (Å²) in [5, 5.41) is 0. The zero-order chi connectivity index (χ0) is 16.8. The standard InChI is InChI=1S/C19H23N3O/c1-11-17-15(22-18(20)21-11)9-13(10-16(17)23)12-5-7-14(8-6-12)19(2,3)4/h5-8,13H,9-10H2,1-4H3,(H2,20,21,22)/t13-/m0/s1. The fourth-order valence-electron chi connectivity index (χ4n) is 3.29. The number of carbonyl (C=O) groups is 1. The average Bonchev–Trinajstić information content (AvgIpc) is 2.45. The van der Waals surface area contributed by atoms with Gasteiger partial charge < -0.3 is 5.73 Å². The molecule has 1 heterocycles. The van der Waals surface area contributed by atoms with E-state index in [4.69, 9.17) is 5.73 Å². The van der Waals surface area contributed by atoms with Gasteiger partial charge in [0.2, 0.25) is 5.95 Å². The maximum atomic E-state index is 12.5. The van der Waals surface area contributed by atoms with Crippen LogP contribution in [0.3, 0.4) is 0 Å². The molecular weight excluding hydrogens is 286 g/mol. The molecule has 0 spiro atoms. The minimum atomic E-state index is 0.119. The number of carbonyl (C=O) groups excluding carboxylic acids is 1. The van der Waals surface area contributed by atoms with Gasteiger partial charge in [-0.2, -0.15) is 0 Å². The molecule has 1 aliphatic rings. The Kier molecular flexibility index (Phi) is 3.71. The van der Waals surface area contributed by atoms with Crippen LogP contribution in [0, 0.1) is 6.92 Å². The summed E-state index contributed by atoms with van der Waals surface area (Å²) in [5.41, 5.74) is 10.5. The summed E-state index contributed by atoms with van der Waals surface area (Å²) in [7, 11) is 0. The van der Waals surface area contributed by atoms with E-state index in [2.05, 4.69) is 55.0 Å². The number of benzene rings is 1. The van der Waals surface area contributed by atoms with Crippen LogP contribution in [0.1, 0.15) is 66.0 Å². The number of hydrogen-bond donors (Lipinski definition) is 1. The zero-order valence-corrected chi connectivity index (χ0v) is 14.2. The molecule has 1 aromatic heterocycles. The first kappa shape index (κ1) is 15.7. The number of fused-ring (bicyclic) bond motifs is 1. The van der Waals surface area contributed by atoms with Gasteiger partial charge in [-0.1, -0.05) is 45.0 Å². The third-order valence-corrected chi connectivity index (χ3v) is 4.58. The molecule has 1 aliphatic carbocycles. The Bertz CT molecular complexity index is 757. The van der Waals surface area contributed by atoms with Gasteiger partial charge in [0.25, 0.3) is 0 Å². The van der Waals surface area contributed by atoms with Gasteiger partial charge >= 0.3 is 0 Å². The molecule has 1 atom stereocenters. The third kappa shape index (κ3) is 2.98. The summed E-state index contributed by atoms with van der Waals surface area (Å²) < 4.78 is 0. The monoisotopic (exact) mass is 309 g/mol. The lowest BCUT2D eigenvalue weighted by Gasteiger charge is -2.25. The summed E-state index contributed by atoms with van der Waals surface area (Å²) >= 11 is 0. The number of Topliss-reactive ketones (excluding diaryl/α,β-unsaturated/α-hetero) is 1. The number of anilines is 1. The van der Waals surface area contributed by atoms with Crippen LogP contribution in [-0.2, 0) is 11.8 Å². The largest absolute Gasteiger partial charge is 0.368 e. The van der Waals surface area contributed by atoms with Crippen molar-refractivity contribution in [3.05, 3.63) is 52.3 Å². The number of aryl methyl sites for hydroxylation is 1. The zero-order valence-electron chi connectivity index (χ0n) is 14.2. The Morgan fingerprint density at radius 2 is 1.74 bits per heavy atom. The number of aromatic nitrogens is 2. The third-order valence-electron chi connectivity index (χ3n) is 4.58. The fraction of sp³-hybridized carbons (Fsp3) is 0.421. The molecule has 0 radical (unpaired) electrons. The van der Waals surface area contributed by atoms with E-state index in [1.807, 2.05) is 6.92 Å². The van der Waals surface area contributed by atoms with Crippen molar-refractivity contribution in [1.82, 2.24) is 9.97 Å². The van der Waals surface area contributed by atoms with Gasteiger partial charge in [-0.3, -0.25) is 4.79 Å².